The van der Waals surface area contributed by atoms with E-state index in [0.717, 1.165) is 137 Å². The summed E-state index contributed by atoms with van der Waals surface area (Å²) in [5.41, 5.74) is 10.0. The number of carbonyl (C=O) groups is 1. The maximum absolute atomic E-state index is 10.7. The van der Waals surface area contributed by atoms with E-state index in [2.05, 4.69) is 326 Å². The van der Waals surface area contributed by atoms with Gasteiger partial charge in [-0.05, 0) is 323 Å². The highest BCUT2D eigenvalue weighted by atomic mass is 16.5. The number of aromatic nitrogens is 1. The molecule has 18 unspecified atom stereocenters. The first-order valence-electron chi connectivity index (χ1n) is 48.4. The van der Waals surface area contributed by atoms with Crippen LogP contribution in [0.1, 0.15) is 217 Å². The van der Waals surface area contributed by atoms with Crippen molar-refractivity contribution in [1.29, 1.82) is 0 Å². The number of aromatic amines is 1. The average Bonchev–Trinajstić information content (AvgIpc) is 1.63. The van der Waals surface area contributed by atoms with Gasteiger partial charge in [-0.3, -0.25) is 19.5 Å². The highest BCUT2D eigenvalue weighted by Crippen LogP contribution is 2.39. The molecule has 11 aliphatic heterocycles. The number of likely N-dealkylation sites (N-methyl/N-ethyl adjacent to an activating group) is 5. The number of hydrogen-bond acceptors (Lipinski definition) is 14. The Kier molecular flexibility index (Phi) is 40.4. The number of benzene rings is 6. The number of likely N-dealkylation sites (tertiary alicyclic amines) is 8. The first kappa shape index (κ1) is 99.5. The second kappa shape index (κ2) is 50.4. The maximum Gasteiger partial charge on any atom is 0.222 e. The SMILES string of the molecule is CC1C(c2ccccc2)CCN1C.CC1CC(O)CN1C.CC1CC(Oc2ccccc2)CN1C.CC1CC2C=CC=CC2CN1C.CC1CC2CCCCC2N1C.CC1CCC(=O)N1C.CC1CCCCN1C.CC1CCN1C.CC1Cc2c([nH]c3ccccc23)CN1C.CC1c2ccccc2CCN1C.c1ccc2cc(COC3CCNC3)ccc2c1. The molecule has 1 aromatic heterocycles. The minimum atomic E-state index is -0.0741. The summed E-state index contributed by atoms with van der Waals surface area (Å²) in [7, 11) is 21.6. The standard InChI is InChI=1S/C15H17NO.C13H16N2.C12H17NO.C12H17N.C11H17N.C11H15N.C10H19N.C7H15N.C6H13NO.C6H11NO.C5H11N/c1-2-4-14-9-12(5-6-13(14)3-1)11-17-15-7-8-16-10-15;1-9-7-11-10-5-3-4-6-12(10)14-13(11)8-15(9)2;1-10-8-12(9-13(10)2)14-11-6-4-3-5-7-11;1-10-12(8-9-13(10)2)11-6-4-3-5-7-11;1-9-7-10-5-3-4-6-11(10)8-12(9)2;1-9-11-6-4-3-5-10(11)7-8-12(9)2;1-8-7-9-5-3-4-6-10(9)11(8)2;1-7-5-3-4-6-8(7)2;1-5-3-6(8)4-7(5)2;1-5-3-4-6(8)7(5)2;1-5-3-4-6(5)2/h1-6,9,15-16H,7-8,10-11H2;3-6,9,14H,7-8H2,1-2H3;3-7,10,12H,8-9H2,1-2H3;3-7,10,12H,8-9H2,1-2H3;3-6,9-11H,7-8H2,1-2H3;3-6,9H,7-8H2,1-2H3;8-10H,3-7H2,1-2H3;7H,3-6H2,1-2H3;5-6,8H,3-4H2,1-2H3;5H,3-4H2,1-2H3;5H,3-4H2,1-2H3. The summed E-state index contributed by atoms with van der Waals surface area (Å²) in [6.45, 7) is 34.6. The number of hydrogen-bond donors (Lipinski definition) is 3. The first-order chi connectivity index (χ1) is 59.6. The molecule has 13 aliphatic rings. The van der Waals surface area contributed by atoms with E-state index in [9.17, 15) is 4.79 Å². The van der Waals surface area contributed by atoms with Gasteiger partial charge in [0.15, 0.2) is 0 Å². The van der Waals surface area contributed by atoms with Gasteiger partial charge in [0.25, 0.3) is 0 Å². The quantitative estimate of drug-likeness (QED) is 0.147. The van der Waals surface area contributed by atoms with Crippen molar-refractivity contribution in [3.8, 4) is 5.75 Å². The smallest absolute Gasteiger partial charge is 0.222 e. The molecule has 0 bridgehead atoms. The molecule has 16 heteroatoms. The van der Waals surface area contributed by atoms with Crippen LogP contribution in [0.2, 0.25) is 0 Å². The third kappa shape index (κ3) is 30.0. The fourth-order valence-electron chi connectivity index (χ4n) is 20.0. The second-order valence-corrected chi connectivity index (χ2v) is 39.4. The third-order valence-electron chi connectivity index (χ3n) is 30.4. The van der Waals surface area contributed by atoms with Crippen molar-refractivity contribution < 1.29 is 19.4 Å². The number of fused-ring (bicyclic) bond motifs is 7. The van der Waals surface area contributed by atoms with Crippen molar-refractivity contribution in [2.45, 2.75) is 289 Å². The lowest BCUT2D eigenvalue weighted by molar-refractivity contribution is -0.127. The number of aliphatic hydroxyl groups excluding tert-OH is 1. The summed E-state index contributed by atoms with van der Waals surface area (Å²) in [4.78, 5) is 37.6. The molecular formula is C108H168N12O4. The molecule has 684 valence electrons. The van der Waals surface area contributed by atoms with E-state index in [4.69, 9.17) is 14.6 Å². The van der Waals surface area contributed by atoms with Gasteiger partial charge in [0.05, 0.1) is 18.8 Å². The molecule has 6 aromatic carbocycles. The molecule has 2 aliphatic carbocycles. The lowest BCUT2D eigenvalue weighted by Crippen LogP contribution is -2.42. The van der Waals surface area contributed by atoms with Crippen LogP contribution in [-0.2, 0) is 35.5 Å². The first-order valence-corrected chi connectivity index (χ1v) is 48.4. The number of β-amino-alcohol motifs (C(OH)–C–C–N with tert-alkyl or cyclic N) is 1. The highest BCUT2D eigenvalue weighted by Gasteiger charge is 2.38. The third-order valence-corrected chi connectivity index (χ3v) is 30.4. The normalized spacial score (nSPS) is 30.4. The molecule has 3 N–H and O–H groups in total. The Morgan fingerprint density at radius 2 is 1.10 bits per heavy atom. The van der Waals surface area contributed by atoms with Gasteiger partial charge in [0, 0.05) is 148 Å². The van der Waals surface area contributed by atoms with Gasteiger partial charge in [-0.25, -0.2) is 0 Å². The summed E-state index contributed by atoms with van der Waals surface area (Å²) >= 11 is 0. The van der Waals surface area contributed by atoms with Crippen molar-refractivity contribution in [1.82, 2.24) is 59.3 Å². The zero-order valence-electron chi connectivity index (χ0n) is 80.8. The summed E-state index contributed by atoms with van der Waals surface area (Å²) in [6.07, 6.45) is 32.8. The van der Waals surface area contributed by atoms with Crippen molar-refractivity contribution in [3.63, 3.8) is 0 Å². The summed E-state index contributed by atoms with van der Waals surface area (Å²) in [6, 6.07) is 61.2. The number of piperidine rings is 2. The number of para-hydroxylation sites is 2. The zero-order chi connectivity index (χ0) is 88.9. The van der Waals surface area contributed by atoms with E-state index in [1.54, 1.807) is 4.90 Å². The van der Waals surface area contributed by atoms with E-state index < -0.39 is 0 Å². The second-order valence-electron chi connectivity index (χ2n) is 39.4. The molecule has 1 saturated carbocycles. The number of H-pyrrole nitrogens is 1. The molecular weight excluding hydrogens is 1530 g/mol. The number of rotatable bonds is 6. The molecule has 0 spiro atoms. The minimum absolute atomic E-state index is 0.0741. The van der Waals surface area contributed by atoms with Crippen molar-refractivity contribution in [2.75, 3.05) is 129 Å². The molecule has 16 nitrogen and oxygen atoms in total. The van der Waals surface area contributed by atoms with Crippen LogP contribution in [0.4, 0.5) is 0 Å². The average molecular weight is 1700 g/mol. The van der Waals surface area contributed by atoms with E-state index in [-0.39, 0.29) is 12.0 Å². The van der Waals surface area contributed by atoms with Crippen molar-refractivity contribution in [3.05, 3.63) is 209 Å². The largest absolute Gasteiger partial charge is 0.489 e. The molecule has 9 saturated heterocycles. The number of allylic oxidation sites excluding steroid dienone is 3. The summed E-state index contributed by atoms with van der Waals surface area (Å²) in [5.74, 6) is 4.64. The van der Waals surface area contributed by atoms with Crippen LogP contribution in [0.15, 0.2) is 176 Å². The minimum Gasteiger partial charge on any atom is -0.489 e. The lowest BCUT2D eigenvalue weighted by atomic mass is 9.80. The number of nitrogens with zero attached hydrogens (tertiary/aromatic N) is 10. The van der Waals surface area contributed by atoms with Crippen molar-refractivity contribution in [2.24, 2.45) is 17.8 Å². The molecule has 12 heterocycles. The fraction of sp³-hybridized carbons (Fsp3) is 0.620. The van der Waals surface area contributed by atoms with E-state index in [1.165, 1.54) is 165 Å². The van der Waals surface area contributed by atoms with Gasteiger partial charge >= 0.3 is 0 Å². The Labute approximate surface area is 752 Å². The van der Waals surface area contributed by atoms with Gasteiger partial charge in [-0.2, -0.15) is 0 Å². The lowest BCUT2D eigenvalue weighted by Gasteiger charge is -2.39. The maximum atomic E-state index is 10.7. The molecule has 1 amide bonds. The van der Waals surface area contributed by atoms with Crippen LogP contribution in [0.25, 0.3) is 21.7 Å². The molecule has 7 aromatic rings. The van der Waals surface area contributed by atoms with Crippen LogP contribution in [0.3, 0.4) is 0 Å². The van der Waals surface area contributed by atoms with Gasteiger partial charge in [0.2, 0.25) is 5.91 Å². The summed E-state index contributed by atoms with van der Waals surface area (Å²) in [5, 5.41) is 16.3. The monoisotopic (exact) mass is 1700 g/mol. The van der Waals surface area contributed by atoms with Gasteiger partial charge in [-0.15, -0.1) is 0 Å². The predicted molar refractivity (Wildman–Crippen MR) is 524 cm³/mol. The fourth-order valence-corrected chi connectivity index (χ4v) is 20.0. The van der Waals surface area contributed by atoms with Crippen LogP contribution < -0.4 is 10.1 Å². The Hall–Kier alpha value is -6.61. The number of ether oxygens (including phenoxy) is 2. The number of amides is 1. The molecule has 18 atom stereocenters. The predicted octanol–water partition coefficient (Wildman–Crippen LogP) is 19.4. The highest BCUT2D eigenvalue weighted by molar-refractivity contribution is 5.85. The van der Waals surface area contributed by atoms with Crippen LogP contribution in [0.5, 0.6) is 5.75 Å². The summed E-state index contributed by atoms with van der Waals surface area (Å²) < 4.78 is 11.7. The van der Waals surface area contributed by atoms with Gasteiger partial charge < -0.3 is 59.2 Å². The number of nitrogens with one attached hydrogen (secondary N) is 2. The number of carbonyl (C=O) groups excluding carboxylic acids is 1. The Bertz CT molecular complexity index is 4200. The van der Waals surface area contributed by atoms with Gasteiger partial charge in [0.1, 0.15) is 11.9 Å². The van der Waals surface area contributed by atoms with E-state index >= 15 is 0 Å². The Morgan fingerprint density at radius 3 is 1.69 bits per heavy atom. The van der Waals surface area contributed by atoms with Crippen LogP contribution in [-0.4, -0.2) is 273 Å². The van der Waals surface area contributed by atoms with Crippen LogP contribution in [0, 0.1) is 17.8 Å². The molecule has 20 rings (SSSR count). The number of aliphatic hydroxyl groups is 1. The Morgan fingerprint density at radius 1 is 0.468 bits per heavy atom. The molecule has 0 radical (unpaired) electrons. The van der Waals surface area contributed by atoms with E-state index in [0.29, 0.717) is 48.5 Å². The zero-order valence-corrected chi connectivity index (χ0v) is 80.8. The topological polar surface area (TPSA) is 116 Å². The molecule has 10 fully saturated rings. The molecule has 124 heavy (non-hydrogen) atoms. The van der Waals surface area contributed by atoms with E-state index in [1.807, 2.05) is 44.4 Å². The Balaban J connectivity index is 0.000000144. The van der Waals surface area contributed by atoms with Gasteiger partial charge in [-0.1, -0.05) is 171 Å². The van der Waals surface area contributed by atoms with Crippen molar-refractivity contribution >= 4 is 27.6 Å². The van der Waals surface area contributed by atoms with Crippen LogP contribution >= 0.6 is 0 Å².